The van der Waals surface area contributed by atoms with E-state index >= 15 is 0 Å². The summed E-state index contributed by atoms with van der Waals surface area (Å²) in [4.78, 5) is 7.40. The highest BCUT2D eigenvalue weighted by atomic mass is 79.9. The van der Waals surface area contributed by atoms with Crippen LogP contribution in [-0.2, 0) is 0 Å². The summed E-state index contributed by atoms with van der Waals surface area (Å²) >= 11 is 8.63. The summed E-state index contributed by atoms with van der Waals surface area (Å²) in [5, 5.41) is 0. The number of benzene rings is 1. The maximum Gasteiger partial charge on any atom is 0.183 e. The van der Waals surface area contributed by atoms with Gasteiger partial charge in [0.2, 0.25) is 0 Å². The number of pyridine rings is 1. The molecule has 0 aliphatic carbocycles. The third kappa shape index (κ3) is 1.87. The zero-order valence-electron chi connectivity index (χ0n) is 9.02. The molecule has 0 aliphatic heterocycles. The molecule has 1 N–H and O–H groups in total. The SMILES string of the molecule is Fc1ccc(-n2c(=S)[nH]c3cc(Br)cnc32)cc1. The Hall–Kier alpha value is -1.53. The van der Waals surface area contributed by atoms with Gasteiger partial charge >= 0.3 is 0 Å². The number of nitrogens with one attached hydrogen (secondary N) is 1. The summed E-state index contributed by atoms with van der Waals surface area (Å²) in [6.45, 7) is 0. The van der Waals surface area contributed by atoms with Crippen LogP contribution < -0.4 is 0 Å². The van der Waals surface area contributed by atoms with Gasteiger partial charge in [0.25, 0.3) is 0 Å². The number of hydrogen-bond donors (Lipinski definition) is 1. The molecule has 0 fully saturated rings. The van der Waals surface area contributed by atoms with Gasteiger partial charge in [-0.25, -0.2) is 9.37 Å². The van der Waals surface area contributed by atoms with Gasteiger partial charge in [0.05, 0.1) is 11.2 Å². The zero-order chi connectivity index (χ0) is 12.7. The van der Waals surface area contributed by atoms with Crippen molar-refractivity contribution in [1.29, 1.82) is 0 Å². The molecular weight excluding hydrogens is 317 g/mol. The Morgan fingerprint density at radius 2 is 2.00 bits per heavy atom. The van der Waals surface area contributed by atoms with E-state index in [9.17, 15) is 4.39 Å². The number of aromatic nitrogens is 3. The number of rotatable bonds is 1. The average Bonchev–Trinajstić information content (AvgIpc) is 2.65. The van der Waals surface area contributed by atoms with Crippen molar-refractivity contribution < 1.29 is 4.39 Å². The van der Waals surface area contributed by atoms with E-state index in [1.807, 2.05) is 6.07 Å². The molecule has 6 heteroatoms. The summed E-state index contributed by atoms with van der Waals surface area (Å²) in [6.07, 6.45) is 1.70. The van der Waals surface area contributed by atoms with Crippen molar-refractivity contribution in [2.45, 2.75) is 0 Å². The molecular formula is C12H7BrFN3S. The summed E-state index contributed by atoms with van der Waals surface area (Å²) < 4.78 is 16.1. The molecule has 0 saturated carbocycles. The van der Waals surface area contributed by atoms with Gasteiger partial charge in [-0.15, -0.1) is 0 Å². The van der Waals surface area contributed by atoms with Gasteiger partial charge in [0.15, 0.2) is 10.4 Å². The van der Waals surface area contributed by atoms with Crippen LogP contribution in [0.1, 0.15) is 0 Å². The molecule has 0 radical (unpaired) electrons. The lowest BCUT2D eigenvalue weighted by molar-refractivity contribution is 0.627. The molecule has 0 amide bonds. The predicted octanol–water partition coefficient (Wildman–Crippen LogP) is 3.98. The highest BCUT2D eigenvalue weighted by Gasteiger charge is 2.08. The van der Waals surface area contributed by atoms with E-state index in [-0.39, 0.29) is 5.82 Å². The van der Waals surface area contributed by atoms with Crippen LogP contribution in [-0.4, -0.2) is 14.5 Å². The fourth-order valence-corrected chi connectivity index (χ4v) is 2.43. The summed E-state index contributed by atoms with van der Waals surface area (Å²) in [6, 6.07) is 8.03. The van der Waals surface area contributed by atoms with Crippen LogP contribution >= 0.6 is 28.1 Å². The van der Waals surface area contributed by atoms with Crippen LogP contribution in [0.15, 0.2) is 41.0 Å². The quantitative estimate of drug-likeness (QED) is 0.687. The van der Waals surface area contributed by atoms with Gasteiger partial charge in [-0.1, -0.05) is 0 Å². The second-order valence-electron chi connectivity index (χ2n) is 3.77. The van der Waals surface area contributed by atoms with Crippen molar-refractivity contribution in [3.63, 3.8) is 0 Å². The fraction of sp³-hybridized carbons (Fsp3) is 0. The maximum atomic E-state index is 12.9. The fourth-order valence-electron chi connectivity index (χ4n) is 1.80. The molecule has 0 atom stereocenters. The largest absolute Gasteiger partial charge is 0.329 e. The van der Waals surface area contributed by atoms with E-state index < -0.39 is 0 Å². The smallest absolute Gasteiger partial charge is 0.183 e. The number of hydrogen-bond acceptors (Lipinski definition) is 2. The van der Waals surface area contributed by atoms with Gasteiger partial charge in [0, 0.05) is 10.7 Å². The van der Waals surface area contributed by atoms with E-state index in [1.165, 1.54) is 12.1 Å². The Bertz CT molecular complexity index is 776. The van der Waals surface area contributed by atoms with Crippen LogP contribution in [0.4, 0.5) is 4.39 Å². The highest BCUT2D eigenvalue weighted by Crippen LogP contribution is 2.20. The minimum absolute atomic E-state index is 0.277. The lowest BCUT2D eigenvalue weighted by atomic mass is 10.3. The van der Waals surface area contributed by atoms with Crippen LogP contribution in [0.2, 0.25) is 0 Å². The molecule has 1 aromatic carbocycles. The molecule has 0 aliphatic rings. The molecule has 0 saturated heterocycles. The molecule has 3 nitrogen and oxygen atoms in total. The predicted molar refractivity (Wildman–Crippen MR) is 73.9 cm³/mol. The maximum absolute atomic E-state index is 12.9. The zero-order valence-corrected chi connectivity index (χ0v) is 11.4. The Morgan fingerprint density at radius 1 is 1.28 bits per heavy atom. The molecule has 0 unspecified atom stereocenters. The minimum atomic E-state index is -0.277. The monoisotopic (exact) mass is 323 g/mol. The first-order chi connectivity index (χ1) is 8.65. The van der Waals surface area contributed by atoms with Crippen LogP contribution in [0, 0.1) is 10.6 Å². The van der Waals surface area contributed by atoms with Crippen LogP contribution in [0.25, 0.3) is 16.9 Å². The third-order valence-corrected chi connectivity index (χ3v) is 3.29. The lowest BCUT2D eigenvalue weighted by Crippen LogP contribution is -1.95. The number of imidazole rings is 1. The van der Waals surface area contributed by atoms with Gasteiger partial charge in [-0.2, -0.15) is 0 Å². The first kappa shape index (κ1) is 11.6. The summed E-state index contributed by atoms with van der Waals surface area (Å²) in [5.41, 5.74) is 2.33. The van der Waals surface area contributed by atoms with E-state index in [0.29, 0.717) is 4.77 Å². The molecule has 3 aromatic rings. The van der Waals surface area contributed by atoms with Crippen molar-refractivity contribution in [2.75, 3.05) is 0 Å². The highest BCUT2D eigenvalue weighted by molar-refractivity contribution is 9.10. The van der Waals surface area contributed by atoms with Crippen molar-refractivity contribution in [2.24, 2.45) is 0 Å². The Balaban J connectivity index is 2.32. The van der Waals surface area contributed by atoms with E-state index in [4.69, 9.17) is 12.2 Å². The Morgan fingerprint density at radius 3 is 2.72 bits per heavy atom. The molecule has 0 bridgehead atoms. The summed E-state index contributed by atoms with van der Waals surface area (Å²) in [7, 11) is 0. The molecule has 2 heterocycles. The second kappa shape index (κ2) is 4.29. The summed E-state index contributed by atoms with van der Waals surface area (Å²) in [5.74, 6) is -0.277. The second-order valence-corrected chi connectivity index (χ2v) is 5.07. The standard InChI is InChI=1S/C12H7BrFN3S/c13-7-5-10-11(15-6-7)17(12(18)16-10)9-3-1-8(14)2-4-9/h1-6H,(H,16,18). The topological polar surface area (TPSA) is 33.6 Å². The number of H-pyrrole nitrogens is 1. The lowest BCUT2D eigenvalue weighted by Gasteiger charge is -2.03. The van der Waals surface area contributed by atoms with Crippen molar-refractivity contribution in [1.82, 2.24) is 14.5 Å². The normalized spacial score (nSPS) is 11.0. The van der Waals surface area contributed by atoms with E-state index in [1.54, 1.807) is 22.9 Å². The van der Waals surface area contributed by atoms with Gasteiger partial charge in [0.1, 0.15) is 5.82 Å². The van der Waals surface area contributed by atoms with Gasteiger partial charge < -0.3 is 4.98 Å². The number of aromatic amines is 1. The van der Waals surface area contributed by atoms with E-state index in [0.717, 1.165) is 21.3 Å². The van der Waals surface area contributed by atoms with Gasteiger partial charge in [-0.3, -0.25) is 4.57 Å². The van der Waals surface area contributed by atoms with Crippen molar-refractivity contribution in [3.8, 4) is 5.69 Å². The Labute approximate surface area is 115 Å². The molecule has 3 rings (SSSR count). The minimum Gasteiger partial charge on any atom is -0.329 e. The number of halogens is 2. The van der Waals surface area contributed by atoms with Crippen molar-refractivity contribution in [3.05, 3.63) is 51.6 Å². The number of nitrogens with zero attached hydrogens (tertiary/aromatic N) is 2. The van der Waals surface area contributed by atoms with E-state index in [2.05, 4.69) is 25.9 Å². The molecule has 2 aromatic heterocycles. The number of fused-ring (bicyclic) bond motifs is 1. The van der Waals surface area contributed by atoms with Crippen LogP contribution in [0.3, 0.4) is 0 Å². The Kier molecular flexibility index (Phi) is 2.76. The molecule has 0 spiro atoms. The van der Waals surface area contributed by atoms with Crippen LogP contribution in [0.5, 0.6) is 0 Å². The molecule has 18 heavy (non-hydrogen) atoms. The molecule has 90 valence electrons. The third-order valence-electron chi connectivity index (χ3n) is 2.57. The first-order valence-corrected chi connectivity index (χ1v) is 6.37. The van der Waals surface area contributed by atoms with Gasteiger partial charge in [-0.05, 0) is 58.5 Å². The first-order valence-electron chi connectivity index (χ1n) is 5.17. The van der Waals surface area contributed by atoms with Crippen molar-refractivity contribution >= 4 is 39.3 Å². The average molecular weight is 324 g/mol.